The van der Waals surface area contributed by atoms with Gasteiger partial charge >= 0.3 is 18.0 Å². The first-order valence-electron chi connectivity index (χ1n) is 3.20. The van der Waals surface area contributed by atoms with Crippen LogP contribution in [-0.4, -0.2) is 18.0 Å². The van der Waals surface area contributed by atoms with Gasteiger partial charge in [0.05, 0.1) is 6.07 Å². The van der Waals surface area contributed by atoms with Gasteiger partial charge in [0.2, 0.25) is 0 Å². The molecule has 0 aromatic carbocycles. The molecule has 1 unspecified atom stereocenters. The van der Waals surface area contributed by atoms with Crippen molar-refractivity contribution >= 4 is 0 Å². The number of nitrogens with zero attached hydrogens (tertiary/aromatic N) is 1. The molecule has 0 heterocycles. The average molecular weight is 223 g/mol. The Morgan fingerprint density at radius 3 is 1.57 bits per heavy atom. The Morgan fingerprint density at radius 1 is 1.00 bits per heavy atom. The van der Waals surface area contributed by atoms with Crippen molar-refractivity contribution < 1.29 is 30.7 Å². The Kier molecular flexibility index (Phi) is 3.06. The van der Waals surface area contributed by atoms with Gasteiger partial charge in [0, 0.05) is 0 Å². The Morgan fingerprint density at radius 2 is 1.36 bits per heavy atom. The van der Waals surface area contributed by atoms with Gasteiger partial charge in [0.1, 0.15) is 5.92 Å². The molecule has 0 N–H and O–H groups in total. The van der Waals surface area contributed by atoms with Crippen molar-refractivity contribution in [1.82, 2.24) is 0 Å². The number of nitriles is 1. The topological polar surface area (TPSA) is 23.8 Å². The third-order valence-corrected chi connectivity index (χ3v) is 1.51. The molecule has 0 fully saturated rings. The summed E-state index contributed by atoms with van der Waals surface area (Å²) in [6.07, 6.45) is -6.37. The summed E-state index contributed by atoms with van der Waals surface area (Å²) in [4.78, 5) is 0. The molecular weight excluding hydrogens is 219 g/mol. The SMILES string of the molecule is CC(C#N)C(F)(F)C(F)(F)C(F)(F)F. The number of alkyl halides is 7. The summed E-state index contributed by atoms with van der Waals surface area (Å²) in [5.41, 5.74) is 0. The molecule has 0 aliphatic rings. The minimum atomic E-state index is -6.37. The highest BCUT2D eigenvalue weighted by molar-refractivity contribution is 5.01. The second-order valence-corrected chi connectivity index (χ2v) is 2.55. The number of rotatable bonds is 2. The van der Waals surface area contributed by atoms with Gasteiger partial charge in [-0.15, -0.1) is 0 Å². The summed E-state index contributed by atoms with van der Waals surface area (Å²) in [5.74, 6) is -14.4. The van der Waals surface area contributed by atoms with Crippen molar-refractivity contribution in [3.63, 3.8) is 0 Å². The highest BCUT2D eigenvalue weighted by Crippen LogP contribution is 2.49. The predicted molar refractivity (Wildman–Crippen MR) is 30.7 cm³/mol. The zero-order chi connectivity index (χ0) is 11.8. The molecule has 0 aliphatic heterocycles. The lowest BCUT2D eigenvalue weighted by atomic mass is 9.99. The molecule has 0 spiro atoms. The number of hydrogen-bond acceptors (Lipinski definition) is 1. The molecule has 0 aliphatic carbocycles. The van der Waals surface area contributed by atoms with Crippen molar-refractivity contribution in [2.75, 3.05) is 0 Å². The Labute approximate surface area is 74.1 Å². The first-order chi connectivity index (χ1) is 5.98. The second-order valence-electron chi connectivity index (χ2n) is 2.55. The molecule has 1 nitrogen and oxygen atoms in total. The molecule has 0 rings (SSSR count). The monoisotopic (exact) mass is 223 g/mol. The number of halogens is 7. The normalized spacial score (nSPS) is 16.2. The summed E-state index contributed by atoms with van der Waals surface area (Å²) in [6.45, 7) is 0.291. The highest BCUT2D eigenvalue weighted by Gasteiger charge is 2.74. The van der Waals surface area contributed by atoms with Crippen molar-refractivity contribution in [3.05, 3.63) is 0 Å². The summed E-state index contributed by atoms with van der Waals surface area (Å²) >= 11 is 0. The largest absolute Gasteiger partial charge is 0.459 e. The lowest BCUT2D eigenvalue weighted by Crippen LogP contribution is -2.54. The fourth-order valence-electron chi connectivity index (χ4n) is 0.542. The van der Waals surface area contributed by atoms with Gasteiger partial charge in [-0.1, -0.05) is 0 Å². The third-order valence-electron chi connectivity index (χ3n) is 1.51. The molecular formula is C6H4F7N. The maximum Gasteiger partial charge on any atom is 0.459 e. The molecule has 0 radical (unpaired) electrons. The molecule has 0 saturated carbocycles. The standard InChI is InChI=1S/C6H4F7N/c1-3(2-14)4(7,8)5(9,10)6(11,12)13/h3H,1H3. The van der Waals surface area contributed by atoms with E-state index in [4.69, 9.17) is 5.26 Å². The van der Waals surface area contributed by atoms with Crippen LogP contribution in [0.3, 0.4) is 0 Å². The van der Waals surface area contributed by atoms with Crippen LogP contribution in [0, 0.1) is 17.2 Å². The van der Waals surface area contributed by atoms with Gasteiger partial charge in [-0.2, -0.15) is 36.0 Å². The first-order valence-corrected chi connectivity index (χ1v) is 3.20. The van der Waals surface area contributed by atoms with Crippen LogP contribution >= 0.6 is 0 Å². The van der Waals surface area contributed by atoms with E-state index in [2.05, 4.69) is 0 Å². The van der Waals surface area contributed by atoms with Gasteiger partial charge < -0.3 is 0 Å². The van der Waals surface area contributed by atoms with Crippen LogP contribution in [0.1, 0.15) is 6.92 Å². The predicted octanol–water partition coefficient (Wildman–Crippen LogP) is 2.98. The van der Waals surface area contributed by atoms with E-state index >= 15 is 0 Å². The van der Waals surface area contributed by atoms with E-state index in [-0.39, 0.29) is 0 Å². The fraction of sp³-hybridized carbons (Fsp3) is 0.833. The average Bonchev–Trinajstić information content (AvgIpc) is 2.00. The lowest BCUT2D eigenvalue weighted by molar-refractivity contribution is -0.361. The summed E-state index contributed by atoms with van der Waals surface area (Å²) < 4.78 is 83.5. The minimum absolute atomic E-state index is 0.291. The quantitative estimate of drug-likeness (QED) is 0.660. The Balaban J connectivity index is 5.20. The summed E-state index contributed by atoms with van der Waals surface area (Å²) in [6, 6.07) is 0.653. The lowest BCUT2D eigenvalue weighted by Gasteiger charge is -2.29. The van der Waals surface area contributed by atoms with Crippen molar-refractivity contribution in [3.8, 4) is 6.07 Å². The Hall–Kier alpha value is -1.00. The molecule has 1 atom stereocenters. The molecule has 82 valence electrons. The summed E-state index contributed by atoms with van der Waals surface area (Å²) in [5, 5.41) is 7.87. The zero-order valence-electron chi connectivity index (χ0n) is 6.67. The third kappa shape index (κ3) is 1.76. The molecule has 0 aromatic rings. The minimum Gasteiger partial charge on any atom is -0.198 e. The molecule has 8 heteroatoms. The van der Waals surface area contributed by atoms with E-state index in [1.165, 1.54) is 0 Å². The van der Waals surface area contributed by atoms with Crippen LogP contribution in [0.5, 0.6) is 0 Å². The van der Waals surface area contributed by atoms with Crippen LogP contribution in [0.15, 0.2) is 0 Å². The van der Waals surface area contributed by atoms with Gasteiger partial charge in [0.25, 0.3) is 0 Å². The van der Waals surface area contributed by atoms with Gasteiger partial charge in [0.15, 0.2) is 0 Å². The van der Waals surface area contributed by atoms with Crippen LogP contribution in [0.25, 0.3) is 0 Å². The molecule has 0 bridgehead atoms. The van der Waals surface area contributed by atoms with Gasteiger partial charge in [-0.25, -0.2) is 0 Å². The van der Waals surface area contributed by atoms with E-state index < -0.39 is 23.9 Å². The maximum absolute atomic E-state index is 12.4. The van der Waals surface area contributed by atoms with Gasteiger partial charge in [-0.05, 0) is 6.92 Å². The highest BCUT2D eigenvalue weighted by atomic mass is 19.4. The fourth-order valence-corrected chi connectivity index (χ4v) is 0.542. The van der Waals surface area contributed by atoms with Crippen molar-refractivity contribution in [2.45, 2.75) is 24.9 Å². The van der Waals surface area contributed by atoms with Crippen molar-refractivity contribution in [1.29, 1.82) is 5.26 Å². The molecule has 0 amide bonds. The first kappa shape index (κ1) is 13.0. The molecule has 0 saturated heterocycles. The van der Waals surface area contributed by atoms with Crippen LogP contribution in [0.4, 0.5) is 30.7 Å². The van der Waals surface area contributed by atoms with Gasteiger partial charge in [-0.3, -0.25) is 0 Å². The van der Waals surface area contributed by atoms with Crippen molar-refractivity contribution in [2.24, 2.45) is 5.92 Å². The second kappa shape index (κ2) is 3.29. The summed E-state index contributed by atoms with van der Waals surface area (Å²) in [7, 11) is 0. The Bertz CT molecular complexity index is 248. The van der Waals surface area contributed by atoms with E-state index in [9.17, 15) is 30.7 Å². The van der Waals surface area contributed by atoms with Crippen LogP contribution in [0.2, 0.25) is 0 Å². The molecule has 14 heavy (non-hydrogen) atoms. The van der Waals surface area contributed by atoms with E-state index in [0.717, 1.165) is 0 Å². The van der Waals surface area contributed by atoms with Crippen LogP contribution in [-0.2, 0) is 0 Å². The van der Waals surface area contributed by atoms with E-state index in [1.807, 2.05) is 0 Å². The smallest absolute Gasteiger partial charge is 0.198 e. The maximum atomic E-state index is 12.4. The van der Waals surface area contributed by atoms with E-state index in [1.54, 1.807) is 0 Å². The molecule has 0 aromatic heterocycles. The van der Waals surface area contributed by atoms with E-state index in [0.29, 0.717) is 13.0 Å². The number of hydrogen-bond donors (Lipinski definition) is 0. The van der Waals surface area contributed by atoms with Crippen LogP contribution < -0.4 is 0 Å². The zero-order valence-corrected chi connectivity index (χ0v) is 6.67.